The molecule has 0 aliphatic carbocycles. The minimum Gasteiger partial charge on any atom is -0.475 e. The van der Waals surface area contributed by atoms with Gasteiger partial charge in [-0.25, -0.2) is 4.79 Å². The van der Waals surface area contributed by atoms with Crippen LogP contribution in [0, 0.1) is 5.92 Å². The van der Waals surface area contributed by atoms with Gasteiger partial charge in [0.25, 0.3) is 5.91 Å². The van der Waals surface area contributed by atoms with Crippen LogP contribution >= 0.6 is 0 Å². The van der Waals surface area contributed by atoms with Gasteiger partial charge in [-0.1, -0.05) is 13.8 Å². The molecule has 0 saturated carbocycles. The summed E-state index contributed by atoms with van der Waals surface area (Å²) in [5.74, 6) is -3.33. The zero-order valence-corrected chi connectivity index (χ0v) is 9.97. The highest BCUT2D eigenvalue weighted by atomic mass is 16.4. The van der Waals surface area contributed by atoms with E-state index in [0.717, 1.165) is 6.07 Å². The van der Waals surface area contributed by atoms with Crippen LogP contribution < -0.4 is 11.1 Å². The number of nitrogens with one attached hydrogen (secondary N) is 1. The van der Waals surface area contributed by atoms with Crippen molar-refractivity contribution in [3.63, 3.8) is 0 Å². The Bertz CT molecular complexity index is 478. The molecular formula is C11H14N2O5. The summed E-state index contributed by atoms with van der Waals surface area (Å²) in [7, 11) is 0. The second kappa shape index (κ2) is 5.35. The lowest BCUT2D eigenvalue weighted by atomic mass is 10.0. The standard InChI is InChI=1S/C11H14N2O5/c1-5(2)8(9(12)14)13-10(15)6-3-4-7(18-6)11(16)17/h3-5,8H,1-2H3,(H2,12,14)(H,13,15)(H,16,17). The molecule has 0 saturated heterocycles. The van der Waals surface area contributed by atoms with Crippen molar-refractivity contribution in [1.29, 1.82) is 0 Å². The second-order valence-corrected chi connectivity index (χ2v) is 4.07. The molecule has 0 radical (unpaired) electrons. The number of furan rings is 1. The Labute approximate surface area is 103 Å². The number of carboxylic acids is 1. The number of rotatable bonds is 5. The van der Waals surface area contributed by atoms with Crippen LogP contribution in [-0.4, -0.2) is 28.9 Å². The zero-order valence-electron chi connectivity index (χ0n) is 9.97. The number of hydrogen-bond donors (Lipinski definition) is 3. The summed E-state index contributed by atoms with van der Waals surface area (Å²) in [6.45, 7) is 3.45. The van der Waals surface area contributed by atoms with Crippen LogP contribution in [0.5, 0.6) is 0 Å². The number of amides is 2. The van der Waals surface area contributed by atoms with E-state index in [4.69, 9.17) is 15.3 Å². The van der Waals surface area contributed by atoms with Crippen molar-refractivity contribution in [2.24, 2.45) is 11.7 Å². The normalized spacial score (nSPS) is 12.2. The van der Waals surface area contributed by atoms with Crippen LogP contribution in [0.4, 0.5) is 0 Å². The van der Waals surface area contributed by atoms with Gasteiger partial charge < -0.3 is 20.6 Å². The Morgan fingerprint density at radius 3 is 2.22 bits per heavy atom. The molecule has 0 aliphatic rings. The fourth-order valence-electron chi connectivity index (χ4n) is 1.35. The van der Waals surface area contributed by atoms with Crippen molar-refractivity contribution >= 4 is 17.8 Å². The number of primary amides is 1. The number of nitrogens with two attached hydrogens (primary N) is 1. The van der Waals surface area contributed by atoms with Crippen molar-refractivity contribution in [1.82, 2.24) is 5.32 Å². The van der Waals surface area contributed by atoms with Gasteiger partial charge in [-0.05, 0) is 18.1 Å². The number of carbonyl (C=O) groups excluding carboxylic acids is 2. The molecule has 2 amide bonds. The Hall–Kier alpha value is -2.31. The summed E-state index contributed by atoms with van der Waals surface area (Å²) in [6.07, 6.45) is 0. The van der Waals surface area contributed by atoms with Crippen LogP contribution in [-0.2, 0) is 4.79 Å². The lowest BCUT2D eigenvalue weighted by Gasteiger charge is -2.17. The molecule has 0 bridgehead atoms. The largest absolute Gasteiger partial charge is 0.475 e. The molecule has 7 heteroatoms. The molecule has 98 valence electrons. The van der Waals surface area contributed by atoms with Gasteiger partial charge in [0.15, 0.2) is 5.76 Å². The highest BCUT2D eigenvalue weighted by Gasteiger charge is 2.24. The van der Waals surface area contributed by atoms with E-state index in [1.807, 2.05) is 0 Å². The predicted molar refractivity (Wildman–Crippen MR) is 61.0 cm³/mol. The minimum atomic E-state index is -1.27. The lowest BCUT2D eigenvalue weighted by Crippen LogP contribution is -2.47. The van der Waals surface area contributed by atoms with E-state index in [-0.39, 0.29) is 17.4 Å². The van der Waals surface area contributed by atoms with E-state index in [1.54, 1.807) is 13.8 Å². The molecule has 0 aliphatic heterocycles. The van der Waals surface area contributed by atoms with Gasteiger partial charge in [-0.15, -0.1) is 0 Å². The predicted octanol–water partition coefficient (Wildman–Crippen LogP) is 0.217. The van der Waals surface area contributed by atoms with E-state index in [9.17, 15) is 14.4 Å². The van der Waals surface area contributed by atoms with Gasteiger partial charge in [0.2, 0.25) is 11.7 Å². The molecule has 1 aromatic heterocycles. The first-order chi connectivity index (χ1) is 8.32. The fourth-order valence-corrected chi connectivity index (χ4v) is 1.35. The number of carboxylic acid groups (broad SMARTS) is 1. The Morgan fingerprint density at radius 2 is 1.83 bits per heavy atom. The molecule has 0 fully saturated rings. The maximum absolute atomic E-state index is 11.7. The van der Waals surface area contributed by atoms with Gasteiger partial charge in [0.1, 0.15) is 6.04 Å². The average Bonchev–Trinajstić information content (AvgIpc) is 2.73. The van der Waals surface area contributed by atoms with Crippen molar-refractivity contribution in [2.75, 3.05) is 0 Å². The first-order valence-electron chi connectivity index (χ1n) is 5.26. The highest BCUT2D eigenvalue weighted by molar-refractivity contribution is 5.96. The summed E-state index contributed by atoms with van der Waals surface area (Å²) in [6, 6.07) is 1.54. The maximum Gasteiger partial charge on any atom is 0.371 e. The fraction of sp³-hybridized carbons (Fsp3) is 0.364. The molecule has 0 aromatic carbocycles. The monoisotopic (exact) mass is 254 g/mol. The summed E-state index contributed by atoms with van der Waals surface area (Å²) in [4.78, 5) is 33.4. The molecule has 18 heavy (non-hydrogen) atoms. The summed E-state index contributed by atoms with van der Waals surface area (Å²) in [5, 5.41) is 11.0. The van der Waals surface area contributed by atoms with Crippen molar-refractivity contribution in [3.05, 3.63) is 23.7 Å². The molecule has 4 N–H and O–H groups in total. The third-order valence-corrected chi connectivity index (χ3v) is 2.30. The highest BCUT2D eigenvalue weighted by Crippen LogP contribution is 2.09. The Balaban J connectivity index is 2.80. The van der Waals surface area contributed by atoms with E-state index in [1.165, 1.54) is 6.07 Å². The average molecular weight is 254 g/mol. The van der Waals surface area contributed by atoms with E-state index in [2.05, 4.69) is 5.32 Å². The van der Waals surface area contributed by atoms with Crippen molar-refractivity contribution < 1.29 is 23.9 Å². The number of hydrogen-bond acceptors (Lipinski definition) is 4. The van der Waals surface area contributed by atoms with Gasteiger partial charge in [-0.2, -0.15) is 0 Å². The topological polar surface area (TPSA) is 123 Å². The van der Waals surface area contributed by atoms with E-state index >= 15 is 0 Å². The van der Waals surface area contributed by atoms with Crippen molar-refractivity contribution in [2.45, 2.75) is 19.9 Å². The van der Waals surface area contributed by atoms with Crippen LogP contribution in [0.15, 0.2) is 16.5 Å². The first kappa shape index (κ1) is 13.8. The van der Waals surface area contributed by atoms with Gasteiger partial charge in [0.05, 0.1) is 0 Å². The zero-order chi connectivity index (χ0) is 13.9. The third-order valence-electron chi connectivity index (χ3n) is 2.30. The first-order valence-corrected chi connectivity index (χ1v) is 5.26. The summed E-state index contributed by atoms with van der Waals surface area (Å²) < 4.78 is 4.80. The minimum absolute atomic E-state index is 0.180. The summed E-state index contributed by atoms with van der Waals surface area (Å²) in [5.41, 5.74) is 5.14. The SMILES string of the molecule is CC(C)C(NC(=O)c1ccc(C(=O)O)o1)C(N)=O. The molecule has 0 spiro atoms. The smallest absolute Gasteiger partial charge is 0.371 e. The quantitative estimate of drug-likeness (QED) is 0.693. The van der Waals surface area contributed by atoms with Crippen LogP contribution in [0.1, 0.15) is 35.0 Å². The lowest BCUT2D eigenvalue weighted by molar-refractivity contribution is -0.120. The third kappa shape index (κ3) is 3.09. The number of carbonyl (C=O) groups is 3. The van der Waals surface area contributed by atoms with Crippen LogP contribution in [0.3, 0.4) is 0 Å². The number of aromatic carboxylic acids is 1. The molecule has 1 unspecified atom stereocenters. The molecule has 1 heterocycles. The summed E-state index contributed by atoms with van der Waals surface area (Å²) >= 11 is 0. The van der Waals surface area contributed by atoms with Gasteiger partial charge >= 0.3 is 5.97 Å². The second-order valence-electron chi connectivity index (χ2n) is 4.07. The van der Waals surface area contributed by atoms with Gasteiger partial charge in [0, 0.05) is 0 Å². The van der Waals surface area contributed by atoms with Gasteiger partial charge in [-0.3, -0.25) is 9.59 Å². The Kier molecular flexibility index (Phi) is 4.09. The maximum atomic E-state index is 11.7. The van der Waals surface area contributed by atoms with E-state index < -0.39 is 23.8 Å². The molecular weight excluding hydrogens is 240 g/mol. The molecule has 7 nitrogen and oxygen atoms in total. The van der Waals surface area contributed by atoms with Crippen LogP contribution in [0.2, 0.25) is 0 Å². The molecule has 1 aromatic rings. The van der Waals surface area contributed by atoms with Crippen molar-refractivity contribution in [3.8, 4) is 0 Å². The van der Waals surface area contributed by atoms with E-state index in [0.29, 0.717) is 0 Å². The molecule has 1 atom stereocenters. The van der Waals surface area contributed by atoms with Crippen LogP contribution in [0.25, 0.3) is 0 Å². The Morgan fingerprint density at radius 1 is 1.28 bits per heavy atom. The molecule has 1 rings (SSSR count).